The lowest BCUT2D eigenvalue weighted by Gasteiger charge is -2.60. The minimum atomic E-state index is -1.46. The van der Waals surface area contributed by atoms with Crippen LogP contribution in [-0.4, -0.2) is 84.2 Å². The van der Waals surface area contributed by atoms with Crippen LogP contribution in [0, 0.1) is 13.8 Å². The van der Waals surface area contributed by atoms with Crippen LogP contribution < -0.4 is 35.3 Å². The summed E-state index contributed by atoms with van der Waals surface area (Å²) in [6, 6.07) is 7.06. The van der Waals surface area contributed by atoms with Gasteiger partial charge in [0.25, 0.3) is 0 Å². The number of nitrogens with zero attached hydrogens (tertiary/aromatic N) is 1. The lowest BCUT2D eigenvalue weighted by atomic mass is 9.71. The van der Waals surface area contributed by atoms with E-state index < -0.39 is 53.1 Å². The fourth-order valence-electron chi connectivity index (χ4n) is 10.5. The number of methoxy groups -OCH3 is 1. The number of esters is 2. The summed E-state index contributed by atoms with van der Waals surface area (Å²) in [6.45, 7) is 7.11. The van der Waals surface area contributed by atoms with Crippen molar-refractivity contribution in [2.24, 2.45) is 5.73 Å². The van der Waals surface area contributed by atoms with Crippen LogP contribution in [0.25, 0.3) is 11.0 Å². The number of hydrogen-bond donors (Lipinski definition) is 5. The van der Waals surface area contributed by atoms with Gasteiger partial charge < -0.3 is 49.4 Å². The van der Waals surface area contributed by atoms with Crippen LogP contribution in [0.4, 0.5) is 0 Å². The predicted molar refractivity (Wildman–Crippen MR) is 204 cm³/mol. The normalized spacial score (nSPS) is 31.3. The maximum Gasteiger partial charge on any atom is 0.335 e. The fraction of sp³-hybridized carbons (Fsp3) is 0.463. The van der Waals surface area contributed by atoms with Crippen molar-refractivity contribution in [2.45, 2.75) is 87.3 Å². The minimum absolute atomic E-state index is 0.0245. The Labute approximate surface area is 326 Å². The number of aliphatic hydroxyl groups excluding tert-OH is 1. The first-order chi connectivity index (χ1) is 27.0. The number of aliphatic hydroxyl groups is 1. The molecule has 4 bridgehead atoms. The van der Waals surface area contributed by atoms with Crippen molar-refractivity contribution < 1.29 is 47.9 Å². The molecule has 11 rings (SSSR count). The van der Waals surface area contributed by atoms with Crippen molar-refractivity contribution in [1.29, 1.82) is 0 Å². The van der Waals surface area contributed by atoms with Crippen LogP contribution in [0.5, 0.6) is 28.7 Å². The lowest BCUT2D eigenvalue weighted by Crippen LogP contribution is -2.70. The van der Waals surface area contributed by atoms with Gasteiger partial charge in [0, 0.05) is 70.4 Å². The van der Waals surface area contributed by atoms with E-state index in [1.807, 2.05) is 56.0 Å². The molecule has 6 N–H and O–H groups in total. The van der Waals surface area contributed by atoms with E-state index in [9.17, 15) is 19.8 Å². The quantitative estimate of drug-likeness (QED) is 0.148. The van der Waals surface area contributed by atoms with E-state index in [4.69, 9.17) is 33.8 Å². The zero-order valence-electron chi connectivity index (χ0n) is 31.6. The molecule has 3 aromatic carbocycles. The van der Waals surface area contributed by atoms with Gasteiger partial charge in [-0.25, -0.2) is 4.79 Å². The van der Waals surface area contributed by atoms with Crippen molar-refractivity contribution in [1.82, 2.24) is 15.5 Å². The number of phenols is 1. The van der Waals surface area contributed by atoms with Gasteiger partial charge in [-0.05, 0) is 37.5 Å². The molecule has 4 aromatic rings. The number of rotatable bonds is 3. The van der Waals surface area contributed by atoms with E-state index in [-0.39, 0.29) is 43.4 Å². The second-order valence-electron chi connectivity index (χ2n) is 15.8. The van der Waals surface area contributed by atoms with Crippen molar-refractivity contribution >= 4 is 34.7 Å². The first kappa shape index (κ1) is 35.9. The van der Waals surface area contributed by atoms with Crippen LogP contribution in [-0.2, 0) is 26.3 Å². The second kappa shape index (κ2) is 12.7. The SMILES string of the molecule is COc1c(C)cc2c(c1O)[C@H]1N[C@@H](C2C)[C@H](O)N2[C@H]1[C@@H]1SC[C@]3(N[C@H](CN)Cc4c3oc3ccccc43)C(=O)OC[C@H]2c2c3c(c(C)c(OC(C)=O)c21)OCO3. The molecule has 9 atom stereocenters. The highest BCUT2D eigenvalue weighted by Crippen LogP contribution is 2.64. The summed E-state index contributed by atoms with van der Waals surface area (Å²) < 4.78 is 37.2. The van der Waals surface area contributed by atoms with Crippen molar-refractivity contribution in [3.63, 3.8) is 0 Å². The molecule has 1 spiro atoms. The molecule has 14 nitrogen and oxygen atoms in total. The number of nitrogens with one attached hydrogen (secondary N) is 2. The Morgan fingerprint density at radius 1 is 1.12 bits per heavy atom. The summed E-state index contributed by atoms with van der Waals surface area (Å²) >= 11 is 1.46. The van der Waals surface area contributed by atoms with Gasteiger partial charge >= 0.3 is 11.9 Å². The minimum Gasteiger partial charge on any atom is -0.504 e. The highest BCUT2D eigenvalue weighted by atomic mass is 32.2. The summed E-state index contributed by atoms with van der Waals surface area (Å²) in [5, 5.41) is 32.3. The number of benzene rings is 3. The number of para-hydroxylation sites is 1. The molecule has 2 fully saturated rings. The smallest absolute Gasteiger partial charge is 0.335 e. The molecule has 0 radical (unpaired) electrons. The van der Waals surface area contributed by atoms with Gasteiger partial charge in [-0.1, -0.05) is 31.2 Å². The molecule has 8 heterocycles. The van der Waals surface area contributed by atoms with Gasteiger partial charge in [-0.2, -0.15) is 0 Å². The van der Waals surface area contributed by atoms with Gasteiger partial charge in [-0.15, -0.1) is 11.8 Å². The van der Waals surface area contributed by atoms with Crippen LogP contribution >= 0.6 is 11.8 Å². The molecule has 2 saturated heterocycles. The second-order valence-corrected chi connectivity index (χ2v) is 16.9. The third-order valence-electron chi connectivity index (χ3n) is 12.8. The van der Waals surface area contributed by atoms with E-state index in [2.05, 4.69) is 10.6 Å². The molecule has 15 heteroatoms. The average Bonchev–Trinajstić information content (AvgIpc) is 3.83. The molecule has 0 saturated carbocycles. The summed E-state index contributed by atoms with van der Waals surface area (Å²) in [5.74, 6) is 0.919. The monoisotopic (exact) mass is 784 g/mol. The van der Waals surface area contributed by atoms with Crippen LogP contribution in [0.3, 0.4) is 0 Å². The molecule has 7 aliphatic rings. The topological polar surface area (TPSA) is 187 Å². The van der Waals surface area contributed by atoms with Gasteiger partial charge in [0.15, 0.2) is 28.5 Å². The van der Waals surface area contributed by atoms with E-state index in [1.54, 1.807) is 0 Å². The molecule has 0 amide bonds. The highest BCUT2D eigenvalue weighted by Gasteiger charge is 2.61. The molecule has 1 aromatic heterocycles. The predicted octanol–water partition coefficient (Wildman–Crippen LogP) is 3.99. The summed E-state index contributed by atoms with van der Waals surface area (Å²) in [5.41, 5.74) is 10.7. The Morgan fingerprint density at radius 2 is 1.91 bits per heavy atom. The molecule has 56 heavy (non-hydrogen) atoms. The van der Waals surface area contributed by atoms with Crippen LogP contribution in [0.2, 0.25) is 0 Å². The summed E-state index contributed by atoms with van der Waals surface area (Å²) in [7, 11) is 1.54. The Morgan fingerprint density at radius 3 is 2.68 bits per heavy atom. The number of aromatic hydroxyl groups is 1. The Hall–Kier alpha value is -4.51. The van der Waals surface area contributed by atoms with E-state index in [0.29, 0.717) is 63.0 Å². The first-order valence-electron chi connectivity index (χ1n) is 19.0. The summed E-state index contributed by atoms with van der Waals surface area (Å²) in [6.07, 6.45) is -0.521. The number of carbonyl (C=O) groups is 2. The molecule has 0 aliphatic carbocycles. The maximum atomic E-state index is 14.9. The maximum absolute atomic E-state index is 14.9. The Bertz CT molecular complexity index is 2350. The summed E-state index contributed by atoms with van der Waals surface area (Å²) in [4.78, 5) is 29.9. The zero-order chi connectivity index (χ0) is 38.9. The largest absolute Gasteiger partial charge is 0.504 e. The number of hydrogen-bond acceptors (Lipinski definition) is 15. The number of carbonyl (C=O) groups excluding carboxylic acids is 2. The molecule has 1 unspecified atom stereocenters. The van der Waals surface area contributed by atoms with Gasteiger partial charge in [-0.3, -0.25) is 15.0 Å². The zero-order valence-corrected chi connectivity index (χ0v) is 32.5. The van der Waals surface area contributed by atoms with Gasteiger partial charge in [0.05, 0.1) is 30.5 Å². The Balaban J connectivity index is 1.24. The standard InChI is InChI=1S/C41H44N4O10S/c1-16-10-22-17(2)29-39(48)45-24-13-51-40(49)41(38-23(11-20(12-42)44-41)21-8-6-7-9-25(21)55-38)14-56-37(31(45)30(43-29)26(22)32(47)33(16)50-5)28-27(24)36-35(52-15-53-36)18(3)34(28)54-19(4)46/h6-10,17,20,24,29-31,37,39,43-44,47-48H,11-15,42H2,1-5H3/t17?,20-,24-,29-,30+,31+,37+,39-,41+/m0/s1. The van der Waals surface area contributed by atoms with Gasteiger partial charge in [0.2, 0.25) is 6.79 Å². The van der Waals surface area contributed by atoms with Crippen LogP contribution in [0.15, 0.2) is 34.7 Å². The van der Waals surface area contributed by atoms with Gasteiger partial charge in [0.1, 0.15) is 29.9 Å². The van der Waals surface area contributed by atoms with Crippen LogP contribution in [0.1, 0.15) is 81.8 Å². The van der Waals surface area contributed by atoms with E-state index >= 15 is 0 Å². The van der Waals surface area contributed by atoms with E-state index in [1.165, 1.54) is 25.8 Å². The average molecular weight is 785 g/mol. The third kappa shape index (κ3) is 4.75. The number of furan rings is 1. The number of nitrogens with two attached hydrogens (primary N) is 1. The lowest BCUT2D eigenvalue weighted by molar-refractivity contribution is -0.166. The number of piperazine rings is 1. The van der Waals surface area contributed by atoms with E-state index in [0.717, 1.165) is 22.1 Å². The first-order valence-corrected chi connectivity index (χ1v) is 20.1. The number of aryl methyl sites for hydroxylation is 1. The van der Waals surface area contributed by atoms with Crippen molar-refractivity contribution in [3.8, 4) is 28.7 Å². The number of thioether (sulfide) groups is 1. The fourth-order valence-corrected chi connectivity index (χ4v) is 12.1. The molecular weight excluding hydrogens is 741 g/mol. The Kier molecular flexibility index (Phi) is 8.17. The molecule has 294 valence electrons. The third-order valence-corrected chi connectivity index (χ3v) is 14.3. The van der Waals surface area contributed by atoms with Crippen molar-refractivity contribution in [3.05, 3.63) is 75.0 Å². The number of phenolic OH excluding ortho intramolecular Hbond substituents is 1. The van der Waals surface area contributed by atoms with Crippen molar-refractivity contribution in [2.75, 3.05) is 32.8 Å². The number of ether oxygens (including phenoxy) is 5. The highest BCUT2D eigenvalue weighted by molar-refractivity contribution is 7.99. The molecule has 7 aliphatic heterocycles. The number of fused-ring (bicyclic) bond motifs is 11. The molecular formula is C41H44N4O10S.